The molecule has 5 heteroatoms. The quantitative estimate of drug-likeness (QED) is 0.380. The molecule has 23 heavy (non-hydrogen) atoms. The summed E-state index contributed by atoms with van der Waals surface area (Å²) >= 11 is 3.45. The van der Waals surface area contributed by atoms with Crippen molar-refractivity contribution in [3.63, 3.8) is 0 Å². The van der Waals surface area contributed by atoms with Gasteiger partial charge in [-0.3, -0.25) is 0 Å². The highest BCUT2D eigenvalue weighted by atomic mass is 79.9. The lowest BCUT2D eigenvalue weighted by atomic mass is 9.77. The van der Waals surface area contributed by atoms with E-state index in [4.69, 9.17) is 4.74 Å². The van der Waals surface area contributed by atoms with Crippen LogP contribution >= 0.6 is 15.9 Å². The Bertz CT molecular complexity index is 464. The van der Waals surface area contributed by atoms with Crippen molar-refractivity contribution in [3.05, 3.63) is 29.3 Å². The Labute approximate surface area is 144 Å². The number of hydrogen-bond donors (Lipinski definition) is 0. The zero-order valence-electron chi connectivity index (χ0n) is 13.3. The number of hydrogen-bond acceptors (Lipinski definition) is 1. The van der Waals surface area contributed by atoms with Gasteiger partial charge in [0.05, 0.1) is 0 Å². The van der Waals surface area contributed by atoms with Gasteiger partial charge in [0, 0.05) is 5.33 Å². The molecule has 0 radical (unpaired) electrons. The van der Waals surface area contributed by atoms with Gasteiger partial charge in [-0.25, -0.2) is 13.2 Å². The standard InChI is InChI=1S/C18H24BrF3O/c19-8-2-1-3-13-4-6-14(7-5-13)15-11-16(21)18(17(22)12-15)23-10-9-20/h11-14H,1-10H2/t13-,14-. The zero-order chi connectivity index (χ0) is 16.7. The smallest absolute Gasteiger partial charge is 0.190 e. The number of unbranched alkanes of at least 4 members (excludes halogenated alkanes) is 1. The van der Waals surface area contributed by atoms with Gasteiger partial charge in [-0.05, 0) is 61.6 Å². The largest absolute Gasteiger partial charge is 0.485 e. The van der Waals surface area contributed by atoms with Crippen molar-refractivity contribution in [2.24, 2.45) is 5.92 Å². The van der Waals surface area contributed by atoms with E-state index in [2.05, 4.69) is 15.9 Å². The summed E-state index contributed by atoms with van der Waals surface area (Å²) in [5, 5.41) is 1.05. The molecule has 1 aliphatic carbocycles. The molecule has 2 rings (SSSR count). The Hall–Kier alpha value is -0.710. The van der Waals surface area contributed by atoms with Crippen LogP contribution < -0.4 is 4.74 Å². The molecule has 0 aliphatic heterocycles. The van der Waals surface area contributed by atoms with Crippen molar-refractivity contribution >= 4 is 15.9 Å². The topological polar surface area (TPSA) is 9.23 Å². The maximum atomic E-state index is 14.0. The third-order valence-electron chi connectivity index (χ3n) is 4.66. The Balaban J connectivity index is 1.93. The third-order valence-corrected chi connectivity index (χ3v) is 5.22. The highest BCUT2D eigenvalue weighted by Gasteiger charge is 2.24. The number of halogens is 4. The minimum Gasteiger partial charge on any atom is -0.485 e. The first-order valence-electron chi connectivity index (χ1n) is 8.39. The summed E-state index contributed by atoms with van der Waals surface area (Å²) in [4.78, 5) is 0. The van der Waals surface area contributed by atoms with Crippen molar-refractivity contribution in [2.45, 2.75) is 50.9 Å². The van der Waals surface area contributed by atoms with Crippen LogP contribution in [0.15, 0.2) is 12.1 Å². The van der Waals surface area contributed by atoms with E-state index in [1.54, 1.807) is 0 Å². The van der Waals surface area contributed by atoms with E-state index in [0.717, 1.165) is 36.9 Å². The predicted octanol–water partition coefficient (Wildman–Crippen LogP) is 6.15. The van der Waals surface area contributed by atoms with Gasteiger partial charge >= 0.3 is 0 Å². The fourth-order valence-electron chi connectivity index (χ4n) is 3.41. The van der Waals surface area contributed by atoms with E-state index in [-0.39, 0.29) is 12.5 Å². The molecule has 0 atom stereocenters. The minimum absolute atomic E-state index is 0.210. The molecule has 0 amide bonds. The van der Waals surface area contributed by atoms with Crippen LogP contribution in [0.5, 0.6) is 5.75 Å². The molecular weight excluding hydrogens is 369 g/mol. The van der Waals surface area contributed by atoms with E-state index < -0.39 is 24.1 Å². The van der Waals surface area contributed by atoms with Crippen LogP contribution in [0.1, 0.15) is 56.4 Å². The summed E-state index contributed by atoms with van der Waals surface area (Å²) in [5.41, 5.74) is 0.700. The van der Waals surface area contributed by atoms with Gasteiger partial charge in [-0.15, -0.1) is 0 Å². The van der Waals surface area contributed by atoms with Gasteiger partial charge in [0.25, 0.3) is 0 Å². The normalized spacial score (nSPS) is 21.4. The number of benzene rings is 1. The molecular formula is C18H24BrF3O. The Morgan fingerprint density at radius 2 is 1.70 bits per heavy atom. The van der Waals surface area contributed by atoms with Crippen LogP contribution in [-0.2, 0) is 0 Å². The van der Waals surface area contributed by atoms with E-state index >= 15 is 0 Å². The molecule has 0 saturated heterocycles. The molecule has 130 valence electrons. The van der Waals surface area contributed by atoms with E-state index in [9.17, 15) is 13.2 Å². The summed E-state index contributed by atoms with van der Waals surface area (Å²) in [6, 6.07) is 2.71. The second-order valence-electron chi connectivity index (χ2n) is 6.25. The first kappa shape index (κ1) is 18.6. The monoisotopic (exact) mass is 392 g/mol. The van der Waals surface area contributed by atoms with Gasteiger partial charge in [0.2, 0.25) is 0 Å². The molecule has 0 N–H and O–H groups in total. The SMILES string of the molecule is FCCOc1c(F)cc([C@H]2CC[C@H](CCCCBr)CC2)cc1F. The van der Waals surface area contributed by atoms with Crippen molar-refractivity contribution in [1.82, 2.24) is 0 Å². The van der Waals surface area contributed by atoms with Crippen LogP contribution in [0.3, 0.4) is 0 Å². The Morgan fingerprint density at radius 1 is 1.04 bits per heavy atom. The highest BCUT2D eigenvalue weighted by molar-refractivity contribution is 9.09. The summed E-state index contributed by atoms with van der Waals surface area (Å²) in [7, 11) is 0. The molecule has 1 saturated carbocycles. The molecule has 0 aromatic heterocycles. The van der Waals surface area contributed by atoms with Gasteiger partial charge in [0.15, 0.2) is 17.4 Å². The maximum Gasteiger partial charge on any atom is 0.190 e. The first-order chi connectivity index (χ1) is 11.2. The molecule has 1 aliphatic rings. The van der Waals surface area contributed by atoms with Gasteiger partial charge in [-0.2, -0.15) is 0 Å². The van der Waals surface area contributed by atoms with Crippen LogP contribution in [0.4, 0.5) is 13.2 Å². The van der Waals surface area contributed by atoms with E-state index in [1.165, 1.54) is 31.4 Å². The summed E-state index contributed by atoms with van der Waals surface area (Å²) < 4.78 is 44.8. The second kappa shape index (κ2) is 9.55. The highest BCUT2D eigenvalue weighted by Crippen LogP contribution is 2.39. The first-order valence-corrected chi connectivity index (χ1v) is 9.51. The number of ether oxygens (including phenoxy) is 1. The zero-order valence-corrected chi connectivity index (χ0v) is 14.9. The average molecular weight is 393 g/mol. The average Bonchev–Trinajstić information content (AvgIpc) is 2.55. The number of alkyl halides is 2. The molecule has 1 aromatic carbocycles. The molecule has 0 bridgehead atoms. The van der Waals surface area contributed by atoms with Crippen molar-refractivity contribution in [3.8, 4) is 5.75 Å². The van der Waals surface area contributed by atoms with E-state index in [1.807, 2.05) is 0 Å². The lowest BCUT2D eigenvalue weighted by molar-refractivity contribution is 0.250. The molecule has 0 spiro atoms. The predicted molar refractivity (Wildman–Crippen MR) is 90.2 cm³/mol. The maximum absolute atomic E-state index is 14.0. The number of rotatable bonds is 8. The molecule has 1 fully saturated rings. The lowest BCUT2D eigenvalue weighted by Crippen LogP contribution is -2.14. The van der Waals surface area contributed by atoms with Crippen molar-refractivity contribution < 1.29 is 17.9 Å². The fraction of sp³-hybridized carbons (Fsp3) is 0.667. The van der Waals surface area contributed by atoms with Gasteiger partial charge in [0.1, 0.15) is 13.3 Å². The molecule has 0 unspecified atom stereocenters. The van der Waals surface area contributed by atoms with Crippen molar-refractivity contribution in [1.29, 1.82) is 0 Å². The summed E-state index contributed by atoms with van der Waals surface area (Å²) in [5.74, 6) is -0.968. The van der Waals surface area contributed by atoms with E-state index in [0.29, 0.717) is 5.56 Å². The molecule has 1 nitrogen and oxygen atoms in total. The Morgan fingerprint density at radius 3 is 2.26 bits per heavy atom. The summed E-state index contributed by atoms with van der Waals surface area (Å²) in [6.07, 6.45) is 7.88. The van der Waals surface area contributed by atoms with Crippen LogP contribution in [0.25, 0.3) is 0 Å². The van der Waals surface area contributed by atoms with Gasteiger partial charge in [-0.1, -0.05) is 28.8 Å². The van der Waals surface area contributed by atoms with Crippen molar-refractivity contribution in [2.75, 3.05) is 18.6 Å². The molecule has 0 heterocycles. The minimum atomic E-state index is -0.764. The van der Waals surface area contributed by atoms with Crippen LogP contribution in [0.2, 0.25) is 0 Å². The van der Waals surface area contributed by atoms with Crippen LogP contribution in [-0.4, -0.2) is 18.6 Å². The second-order valence-corrected chi connectivity index (χ2v) is 7.05. The summed E-state index contributed by atoms with van der Waals surface area (Å²) in [6.45, 7) is -1.09. The van der Waals surface area contributed by atoms with Gasteiger partial charge < -0.3 is 4.74 Å². The Kier molecular flexibility index (Phi) is 7.74. The third kappa shape index (κ3) is 5.40. The fourth-order valence-corrected chi connectivity index (χ4v) is 3.80. The van der Waals surface area contributed by atoms with Crippen LogP contribution in [0, 0.1) is 17.6 Å². The molecule has 1 aromatic rings. The lowest BCUT2D eigenvalue weighted by Gasteiger charge is -2.29.